The molecule has 2 saturated carbocycles. The van der Waals surface area contributed by atoms with E-state index in [1.165, 1.54) is 19.4 Å². The third kappa shape index (κ3) is 5.58. The number of benzene rings is 1. The minimum absolute atomic E-state index is 0.192. The summed E-state index contributed by atoms with van der Waals surface area (Å²) in [5, 5.41) is 21.2. The molecule has 0 aromatic heterocycles. The highest BCUT2D eigenvalue weighted by Crippen LogP contribution is 2.46. The maximum atomic E-state index is 11.3. The van der Waals surface area contributed by atoms with Crippen molar-refractivity contribution in [3.63, 3.8) is 0 Å². The Labute approximate surface area is 172 Å². The van der Waals surface area contributed by atoms with E-state index >= 15 is 0 Å². The number of hydrogen-bond donors (Lipinski definition) is 2. The summed E-state index contributed by atoms with van der Waals surface area (Å²) in [4.78, 5) is 22.6. The van der Waals surface area contributed by atoms with Crippen LogP contribution in [0.1, 0.15) is 63.9 Å². The first kappa shape index (κ1) is 21.8. The van der Waals surface area contributed by atoms with Crippen LogP contribution in [-0.2, 0) is 19.1 Å². The Kier molecular flexibility index (Phi) is 7.30. The zero-order chi connectivity index (χ0) is 21.0. The maximum Gasteiger partial charge on any atom is 0.302 e. The Bertz CT molecular complexity index is 650. The van der Waals surface area contributed by atoms with E-state index < -0.39 is 24.4 Å². The monoisotopic (exact) mass is 404 g/mol. The van der Waals surface area contributed by atoms with Crippen LogP contribution in [0.25, 0.3) is 0 Å². The first-order valence-electron chi connectivity index (χ1n) is 10.6. The molecule has 0 spiro atoms. The van der Waals surface area contributed by atoms with Gasteiger partial charge in [0, 0.05) is 13.8 Å². The van der Waals surface area contributed by atoms with Gasteiger partial charge < -0.3 is 19.7 Å². The Morgan fingerprint density at radius 2 is 1.28 bits per heavy atom. The summed E-state index contributed by atoms with van der Waals surface area (Å²) in [5.74, 6) is -0.0570. The molecule has 2 fully saturated rings. The predicted octanol–water partition coefficient (Wildman–Crippen LogP) is 2.96. The molecule has 0 heterocycles. The lowest BCUT2D eigenvalue weighted by Gasteiger charge is -2.43. The maximum absolute atomic E-state index is 11.3. The SMILES string of the molecule is CC(=O)OC1CCC(C(c2ccccc2)C2CCC(OC(C)=O)C(O)C2)CC1O. The molecule has 2 N–H and O–H groups in total. The van der Waals surface area contributed by atoms with Gasteiger partial charge in [0.1, 0.15) is 12.2 Å². The fraction of sp³-hybridized carbons (Fsp3) is 0.652. The first-order chi connectivity index (χ1) is 13.8. The summed E-state index contributed by atoms with van der Waals surface area (Å²) in [6.45, 7) is 2.74. The molecule has 160 valence electrons. The molecule has 1 aromatic carbocycles. The van der Waals surface area contributed by atoms with Gasteiger partial charge in [-0.1, -0.05) is 30.3 Å². The van der Waals surface area contributed by atoms with Crippen molar-refractivity contribution in [2.24, 2.45) is 11.8 Å². The largest absolute Gasteiger partial charge is 0.460 e. The van der Waals surface area contributed by atoms with Gasteiger partial charge in [0.15, 0.2) is 0 Å². The molecule has 0 radical (unpaired) electrons. The van der Waals surface area contributed by atoms with Gasteiger partial charge in [-0.2, -0.15) is 0 Å². The first-order valence-corrected chi connectivity index (χ1v) is 10.6. The van der Waals surface area contributed by atoms with E-state index in [1.807, 2.05) is 18.2 Å². The molecule has 3 rings (SSSR count). The second-order valence-electron chi connectivity index (χ2n) is 8.51. The normalized spacial score (nSPS) is 33.5. The topological polar surface area (TPSA) is 93.1 Å². The highest BCUT2D eigenvalue weighted by atomic mass is 16.6. The Morgan fingerprint density at radius 1 is 0.828 bits per heavy atom. The van der Waals surface area contributed by atoms with Crippen LogP contribution in [0.15, 0.2) is 30.3 Å². The van der Waals surface area contributed by atoms with Crippen molar-refractivity contribution < 1.29 is 29.3 Å². The van der Waals surface area contributed by atoms with Crippen LogP contribution in [0.5, 0.6) is 0 Å². The molecule has 29 heavy (non-hydrogen) atoms. The lowest BCUT2D eigenvalue weighted by molar-refractivity contribution is -0.157. The average Bonchev–Trinajstić information content (AvgIpc) is 2.66. The van der Waals surface area contributed by atoms with Crippen LogP contribution in [0.3, 0.4) is 0 Å². The Balaban J connectivity index is 1.75. The van der Waals surface area contributed by atoms with Gasteiger partial charge in [-0.05, 0) is 61.8 Å². The number of aliphatic hydroxyl groups excluding tert-OH is 2. The summed E-state index contributed by atoms with van der Waals surface area (Å²) >= 11 is 0. The number of hydrogen-bond acceptors (Lipinski definition) is 6. The third-order valence-corrected chi connectivity index (χ3v) is 6.43. The average molecular weight is 405 g/mol. The standard InChI is InChI=1S/C23H32O6/c1-14(24)28-21-10-8-17(12-19(21)26)23(16-6-4-3-5-7-16)18-9-11-22(20(27)13-18)29-15(2)25/h3-7,17-23,26-27H,8-13H2,1-2H3. The van der Waals surface area contributed by atoms with Gasteiger partial charge in [-0.25, -0.2) is 0 Å². The van der Waals surface area contributed by atoms with E-state index in [1.54, 1.807) is 0 Å². The van der Waals surface area contributed by atoms with Crippen LogP contribution in [0.2, 0.25) is 0 Å². The summed E-state index contributed by atoms with van der Waals surface area (Å²) in [7, 11) is 0. The number of rotatable bonds is 5. The molecule has 0 bridgehead atoms. The molecule has 0 aliphatic heterocycles. The van der Waals surface area contributed by atoms with Crippen LogP contribution < -0.4 is 0 Å². The smallest absolute Gasteiger partial charge is 0.302 e. The highest BCUT2D eigenvalue weighted by molar-refractivity contribution is 5.66. The van der Waals surface area contributed by atoms with Gasteiger partial charge in [0.25, 0.3) is 0 Å². The summed E-state index contributed by atoms with van der Waals surface area (Å²) in [6.07, 6.45) is 1.89. The summed E-state index contributed by atoms with van der Waals surface area (Å²) in [5.41, 5.74) is 1.21. The van der Waals surface area contributed by atoms with Crippen molar-refractivity contribution in [1.29, 1.82) is 0 Å². The fourth-order valence-corrected chi connectivity index (χ4v) is 5.26. The zero-order valence-electron chi connectivity index (χ0n) is 17.2. The minimum atomic E-state index is -0.675. The lowest BCUT2D eigenvalue weighted by Crippen LogP contribution is -2.42. The molecule has 1 aromatic rings. The van der Waals surface area contributed by atoms with Crippen molar-refractivity contribution in [1.82, 2.24) is 0 Å². The molecule has 6 nitrogen and oxygen atoms in total. The Hall–Kier alpha value is -1.92. The molecule has 2 aliphatic rings. The molecule has 0 amide bonds. The van der Waals surface area contributed by atoms with Crippen molar-refractivity contribution in [3.05, 3.63) is 35.9 Å². The zero-order valence-corrected chi connectivity index (χ0v) is 17.2. The number of ether oxygens (including phenoxy) is 2. The third-order valence-electron chi connectivity index (χ3n) is 6.43. The Morgan fingerprint density at radius 3 is 1.66 bits per heavy atom. The molecule has 6 heteroatoms. The second kappa shape index (κ2) is 9.72. The number of aliphatic hydroxyl groups is 2. The highest BCUT2D eigenvalue weighted by Gasteiger charge is 2.42. The summed E-state index contributed by atoms with van der Waals surface area (Å²) < 4.78 is 10.5. The number of esters is 2. The van der Waals surface area contributed by atoms with Crippen molar-refractivity contribution in [3.8, 4) is 0 Å². The molecular weight excluding hydrogens is 372 g/mol. The van der Waals surface area contributed by atoms with Crippen LogP contribution in [0, 0.1) is 11.8 Å². The minimum Gasteiger partial charge on any atom is -0.460 e. The van der Waals surface area contributed by atoms with Crippen molar-refractivity contribution >= 4 is 11.9 Å². The predicted molar refractivity (Wildman–Crippen MR) is 107 cm³/mol. The molecule has 2 aliphatic carbocycles. The van der Waals surface area contributed by atoms with Gasteiger partial charge in [-0.3, -0.25) is 9.59 Å². The lowest BCUT2D eigenvalue weighted by atomic mass is 9.65. The van der Waals surface area contributed by atoms with Crippen molar-refractivity contribution in [2.45, 2.75) is 82.7 Å². The summed E-state index contributed by atoms with van der Waals surface area (Å²) in [6, 6.07) is 10.2. The fourth-order valence-electron chi connectivity index (χ4n) is 5.26. The van der Waals surface area contributed by atoms with E-state index in [-0.39, 0.29) is 29.7 Å². The van der Waals surface area contributed by atoms with Crippen LogP contribution in [0.4, 0.5) is 0 Å². The van der Waals surface area contributed by atoms with Gasteiger partial charge >= 0.3 is 11.9 Å². The molecule has 6 atom stereocenters. The molecular formula is C23H32O6. The molecule has 0 saturated heterocycles. The van der Waals surface area contributed by atoms with Gasteiger partial charge in [-0.15, -0.1) is 0 Å². The number of carbonyl (C=O) groups excluding carboxylic acids is 2. The van der Waals surface area contributed by atoms with E-state index in [2.05, 4.69) is 12.1 Å². The van der Waals surface area contributed by atoms with Crippen LogP contribution >= 0.6 is 0 Å². The van der Waals surface area contributed by atoms with Gasteiger partial charge in [0.2, 0.25) is 0 Å². The van der Waals surface area contributed by atoms with E-state index in [0.29, 0.717) is 25.7 Å². The number of carbonyl (C=O) groups is 2. The second-order valence-corrected chi connectivity index (χ2v) is 8.51. The quantitative estimate of drug-likeness (QED) is 0.733. The molecule has 6 unspecified atom stereocenters. The van der Waals surface area contributed by atoms with Gasteiger partial charge in [0.05, 0.1) is 12.2 Å². The van der Waals surface area contributed by atoms with E-state index in [9.17, 15) is 19.8 Å². The van der Waals surface area contributed by atoms with E-state index in [0.717, 1.165) is 12.8 Å². The van der Waals surface area contributed by atoms with Crippen LogP contribution in [-0.4, -0.2) is 46.6 Å². The van der Waals surface area contributed by atoms with E-state index in [4.69, 9.17) is 9.47 Å². The van der Waals surface area contributed by atoms with Crippen molar-refractivity contribution in [2.75, 3.05) is 0 Å².